The summed E-state index contributed by atoms with van der Waals surface area (Å²) in [5, 5.41) is 0. The number of aromatic nitrogens is 1. The third-order valence-electron chi connectivity index (χ3n) is 1.96. The van der Waals surface area contributed by atoms with Gasteiger partial charge in [-0.1, -0.05) is 6.07 Å². The van der Waals surface area contributed by atoms with Crippen LogP contribution in [0.4, 0.5) is 5.82 Å². The quantitative estimate of drug-likeness (QED) is 0.758. The lowest BCUT2D eigenvalue weighted by Gasteiger charge is -2.26. The summed E-state index contributed by atoms with van der Waals surface area (Å²) in [6.45, 7) is 7.47. The van der Waals surface area contributed by atoms with Crippen molar-refractivity contribution in [1.29, 1.82) is 0 Å². The van der Waals surface area contributed by atoms with E-state index in [1.54, 1.807) is 0 Å². The molecule has 0 radical (unpaired) electrons. The minimum atomic E-state index is 0.492. The number of halogens is 1. The maximum atomic E-state index is 4.41. The highest BCUT2D eigenvalue weighted by atomic mass is 79.9. The first-order valence-corrected chi connectivity index (χ1v) is 5.33. The summed E-state index contributed by atoms with van der Waals surface area (Å²) in [4.78, 5) is 6.66. The molecule has 0 aliphatic heterocycles. The van der Waals surface area contributed by atoms with E-state index in [1.807, 2.05) is 18.2 Å². The van der Waals surface area contributed by atoms with Gasteiger partial charge in [0.25, 0.3) is 0 Å². The predicted molar refractivity (Wildman–Crippen MR) is 60.1 cm³/mol. The fraction of sp³-hybridized carbons (Fsp3) is 0.500. The molecule has 13 heavy (non-hydrogen) atoms. The molecular weight excluding hydrogens is 228 g/mol. The van der Waals surface area contributed by atoms with Gasteiger partial charge < -0.3 is 4.90 Å². The van der Waals surface area contributed by atoms with E-state index in [4.69, 9.17) is 0 Å². The number of nitrogens with zero attached hydrogens (tertiary/aromatic N) is 2. The van der Waals surface area contributed by atoms with Crippen LogP contribution in [-0.2, 0) is 0 Å². The highest BCUT2D eigenvalue weighted by Crippen LogP contribution is 2.16. The second-order valence-corrected chi connectivity index (χ2v) is 4.01. The largest absolute Gasteiger partial charge is 0.354 e. The predicted octanol–water partition coefficient (Wildman–Crippen LogP) is 3.08. The fourth-order valence-corrected chi connectivity index (χ4v) is 1.68. The van der Waals surface area contributed by atoms with Gasteiger partial charge in [0.2, 0.25) is 0 Å². The topological polar surface area (TPSA) is 16.1 Å². The molecule has 0 fully saturated rings. The molecule has 72 valence electrons. The minimum Gasteiger partial charge on any atom is -0.354 e. The Hall–Kier alpha value is -0.570. The molecule has 0 bridgehead atoms. The second-order valence-electron chi connectivity index (χ2n) is 3.20. The van der Waals surface area contributed by atoms with Gasteiger partial charge in [0.05, 0.1) is 0 Å². The summed E-state index contributed by atoms with van der Waals surface area (Å²) in [5.41, 5.74) is 0. The van der Waals surface area contributed by atoms with Gasteiger partial charge in [0, 0.05) is 12.6 Å². The first kappa shape index (κ1) is 10.5. The third-order valence-corrected chi connectivity index (χ3v) is 2.40. The van der Waals surface area contributed by atoms with Gasteiger partial charge in [-0.05, 0) is 48.8 Å². The standard InChI is InChI=1S/C10H15BrN2/c1-4-13(8(2)3)10-7-5-6-9(11)12-10/h5-8H,4H2,1-3H3. The molecule has 0 aliphatic carbocycles. The number of hydrogen-bond acceptors (Lipinski definition) is 2. The zero-order valence-electron chi connectivity index (χ0n) is 8.29. The van der Waals surface area contributed by atoms with Crippen LogP contribution in [0.15, 0.2) is 22.8 Å². The van der Waals surface area contributed by atoms with Crippen LogP contribution in [0.3, 0.4) is 0 Å². The number of pyridine rings is 1. The molecule has 1 aromatic heterocycles. The Morgan fingerprint density at radius 2 is 2.15 bits per heavy atom. The van der Waals surface area contributed by atoms with Gasteiger partial charge in [-0.3, -0.25) is 0 Å². The molecule has 0 spiro atoms. The van der Waals surface area contributed by atoms with E-state index < -0.39 is 0 Å². The van der Waals surface area contributed by atoms with Gasteiger partial charge in [-0.2, -0.15) is 0 Å². The van der Waals surface area contributed by atoms with E-state index in [-0.39, 0.29) is 0 Å². The van der Waals surface area contributed by atoms with E-state index >= 15 is 0 Å². The molecule has 0 aliphatic rings. The Labute approximate surface area is 88.1 Å². The molecule has 1 rings (SSSR count). The summed E-state index contributed by atoms with van der Waals surface area (Å²) in [6, 6.07) is 6.48. The van der Waals surface area contributed by atoms with Crippen LogP contribution in [0.2, 0.25) is 0 Å². The third kappa shape index (κ3) is 2.69. The van der Waals surface area contributed by atoms with Crippen LogP contribution < -0.4 is 4.90 Å². The average molecular weight is 243 g/mol. The van der Waals surface area contributed by atoms with Crippen molar-refractivity contribution >= 4 is 21.7 Å². The molecule has 0 saturated carbocycles. The monoisotopic (exact) mass is 242 g/mol. The molecule has 0 unspecified atom stereocenters. The lowest BCUT2D eigenvalue weighted by atomic mass is 10.3. The van der Waals surface area contributed by atoms with Crippen molar-refractivity contribution in [3.8, 4) is 0 Å². The van der Waals surface area contributed by atoms with E-state index in [9.17, 15) is 0 Å². The molecule has 0 N–H and O–H groups in total. The SMILES string of the molecule is CCN(c1cccc(Br)n1)C(C)C. The Balaban J connectivity index is 2.91. The number of anilines is 1. The summed E-state index contributed by atoms with van der Waals surface area (Å²) in [5.74, 6) is 1.03. The first-order chi connectivity index (χ1) is 6.15. The van der Waals surface area contributed by atoms with Crippen LogP contribution in [0.1, 0.15) is 20.8 Å². The van der Waals surface area contributed by atoms with E-state index in [1.165, 1.54) is 0 Å². The van der Waals surface area contributed by atoms with Crippen molar-refractivity contribution in [1.82, 2.24) is 4.98 Å². The number of hydrogen-bond donors (Lipinski definition) is 0. The van der Waals surface area contributed by atoms with Crippen molar-refractivity contribution in [2.45, 2.75) is 26.8 Å². The normalized spacial score (nSPS) is 10.5. The van der Waals surface area contributed by atoms with E-state index in [2.05, 4.69) is 46.6 Å². The lowest BCUT2D eigenvalue weighted by Crippen LogP contribution is -2.31. The van der Waals surface area contributed by atoms with Gasteiger partial charge in [-0.25, -0.2) is 4.98 Å². The van der Waals surface area contributed by atoms with Crippen LogP contribution in [0.5, 0.6) is 0 Å². The Bertz CT molecular complexity index is 273. The molecule has 0 aromatic carbocycles. The lowest BCUT2D eigenvalue weighted by molar-refractivity contribution is 0.692. The van der Waals surface area contributed by atoms with Crippen molar-refractivity contribution < 1.29 is 0 Å². The smallest absolute Gasteiger partial charge is 0.130 e. The number of rotatable bonds is 3. The molecule has 1 aromatic rings. The average Bonchev–Trinajstić information content (AvgIpc) is 2.04. The van der Waals surface area contributed by atoms with Crippen LogP contribution >= 0.6 is 15.9 Å². The molecular formula is C10H15BrN2. The van der Waals surface area contributed by atoms with Gasteiger partial charge in [-0.15, -0.1) is 0 Å². The molecule has 1 heterocycles. The van der Waals surface area contributed by atoms with Crippen LogP contribution in [0.25, 0.3) is 0 Å². The zero-order chi connectivity index (χ0) is 9.84. The summed E-state index contributed by atoms with van der Waals surface area (Å²) in [7, 11) is 0. The highest BCUT2D eigenvalue weighted by Gasteiger charge is 2.08. The molecule has 2 nitrogen and oxygen atoms in total. The maximum Gasteiger partial charge on any atom is 0.130 e. The van der Waals surface area contributed by atoms with E-state index in [0.717, 1.165) is 17.0 Å². The van der Waals surface area contributed by atoms with Crippen LogP contribution in [0, 0.1) is 0 Å². The van der Waals surface area contributed by atoms with Crippen molar-refractivity contribution in [3.63, 3.8) is 0 Å². The minimum absolute atomic E-state index is 0.492. The van der Waals surface area contributed by atoms with Crippen molar-refractivity contribution in [2.24, 2.45) is 0 Å². The molecule has 0 atom stereocenters. The Kier molecular flexibility index (Phi) is 3.72. The first-order valence-electron chi connectivity index (χ1n) is 4.54. The Morgan fingerprint density at radius 3 is 2.62 bits per heavy atom. The summed E-state index contributed by atoms with van der Waals surface area (Å²) in [6.07, 6.45) is 0. The molecule has 0 amide bonds. The molecule has 0 saturated heterocycles. The zero-order valence-corrected chi connectivity index (χ0v) is 9.87. The Morgan fingerprint density at radius 1 is 1.46 bits per heavy atom. The second kappa shape index (κ2) is 4.61. The molecule has 3 heteroatoms. The van der Waals surface area contributed by atoms with Crippen LogP contribution in [-0.4, -0.2) is 17.6 Å². The van der Waals surface area contributed by atoms with Gasteiger partial charge >= 0.3 is 0 Å². The van der Waals surface area contributed by atoms with E-state index in [0.29, 0.717) is 6.04 Å². The summed E-state index contributed by atoms with van der Waals surface area (Å²) < 4.78 is 0.893. The van der Waals surface area contributed by atoms with Crippen molar-refractivity contribution in [2.75, 3.05) is 11.4 Å². The van der Waals surface area contributed by atoms with Gasteiger partial charge in [0.1, 0.15) is 10.4 Å². The fourth-order valence-electron chi connectivity index (χ4n) is 1.35. The van der Waals surface area contributed by atoms with Crippen molar-refractivity contribution in [3.05, 3.63) is 22.8 Å². The maximum absolute atomic E-state index is 4.41. The highest BCUT2D eigenvalue weighted by molar-refractivity contribution is 9.10. The van der Waals surface area contributed by atoms with Gasteiger partial charge in [0.15, 0.2) is 0 Å². The summed E-state index contributed by atoms with van der Waals surface area (Å²) >= 11 is 3.37.